The maximum Gasteiger partial charge on any atom is 0.270 e. The van der Waals surface area contributed by atoms with Crippen molar-refractivity contribution in [3.8, 4) is 0 Å². The lowest BCUT2D eigenvalue weighted by molar-refractivity contribution is 0.0931. The van der Waals surface area contributed by atoms with Gasteiger partial charge in [-0.3, -0.25) is 14.5 Å². The Balaban J connectivity index is 1.91. The molecule has 0 aromatic carbocycles. The van der Waals surface area contributed by atoms with Crippen molar-refractivity contribution in [1.29, 1.82) is 0 Å². The summed E-state index contributed by atoms with van der Waals surface area (Å²) in [4.78, 5) is 15.8. The molecule has 2 aromatic heterocycles. The van der Waals surface area contributed by atoms with Crippen molar-refractivity contribution in [2.24, 2.45) is 0 Å². The Morgan fingerprint density at radius 1 is 1.41 bits per heavy atom. The first kappa shape index (κ1) is 11.3. The monoisotopic (exact) mass is 230 g/mol. The van der Waals surface area contributed by atoms with Crippen molar-refractivity contribution in [2.75, 3.05) is 0 Å². The number of rotatable bonds is 4. The van der Waals surface area contributed by atoms with Gasteiger partial charge in [-0.1, -0.05) is 6.07 Å². The molecule has 0 aliphatic carbocycles. The number of nitrogens with zero attached hydrogens (tertiary/aromatic N) is 3. The lowest BCUT2D eigenvalue weighted by atomic mass is 10.3. The van der Waals surface area contributed by atoms with Crippen LogP contribution in [0.5, 0.6) is 0 Å². The highest BCUT2D eigenvalue weighted by molar-refractivity contribution is 5.92. The SMILES string of the molecule is C[C@@H](Cn1cccn1)NC(=O)c1ccccn1. The third kappa shape index (κ3) is 3.14. The van der Waals surface area contributed by atoms with E-state index in [1.54, 1.807) is 35.3 Å². The fourth-order valence-corrected chi connectivity index (χ4v) is 1.53. The van der Waals surface area contributed by atoms with Crippen molar-refractivity contribution >= 4 is 5.91 Å². The molecule has 1 atom stereocenters. The van der Waals surface area contributed by atoms with E-state index in [1.165, 1.54) is 0 Å². The molecule has 17 heavy (non-hydrogen) atoms. The van der Waals surface area contributed by atoms with Gasteiger partial charge in [-0.05, 0) is 25.1 Å². The second-order valence-electron chi connectivity index (χ2n) is 3.82. The van der Waals surface area contributed by atoms with Crippen molar-refractivity contribution in [3.05, 3.63) is 48.5 Å². The third-order valence-electron chi connectivity index (χ3n) is 2.30. The van der Waals surface area contributed by atoms with E-state index in [9.17, 15) is 4.79 Å². The number of amides is 1. The molecule has 1 amide bonds. The van der Waals surface area contributed by atoms with Gasteiger partial charge in [-0.15, -0.1) is 0 Å². The van der Waals surface area contributed by atoms with Crippen LogP contribution in [-0.4, -0.2) is 26.7 Å². The fourth-order valence-electron chi connectivity index (χ4n) is 1.53. The Labute approximate surface area is 99.5 Å². The zero-order valence-electron chi connectivity index (χ0n) is 9.58. The predicted molar refractivity (Wildman–Crippen MR) is 63.4 cm³/mol. The Morgan fingerprint density at radius 2 is 2.29 bits per heavy atom. The van der Waals surface area contributed by atoms with Gasteiger partial charge in [0.2, 0.25) is 0 Å². The van der Waals surface area contributed by atoms with Crippen LogP contribution in [0, 0.1) is 0 Å². The highest BCUT2D eigenvalue weighted by Gasteiger charge is 2.10. The predicted octanol–water partition coefficient (Wildman–Crippen LogP) is 1.10. The molecule has 0 saturated carbocycles. The van der Waals surface area contributed by atoms with E-state index in [-0.39, 0.29) is 11.9 Å². The van der Waals surface area contributed by atoms with Gasteiger partial charge in [0.1, 0.15) is 5.69 Å². The molecule has 2 rings (SSSR count). The normalized spacial score (nSPS) is 12.1. The minimum atomic E-state index is -0.162. The Hall–Kier alpha value is -2.17. The summed E-state index contributed by atoms with van der Waals surface area (Å²) in [5, 5.41) is 6.96. The number of pyridine rings is 1. The average molecular weight is 230 g/mol. The molecule has 1 N–H and O–H groups in total. The molecule has 0 aliphatic rings. The van der Waals surface area contributed by atoms with E-state index >= 15 is 0 Å². The smallest absolute Gasteiger partial charge is 0.270 e. The second-order valence-corrected chi connectivity index (χ2v) is 3.82. The van der Waals surface area contributed by atoms with Gasteiger partial charge < -0.3 is 5.32 Å². The van der Waals surface area contributed by atoms with Crippen molar-refractivity contribution in [3.63, 3.8) is 0 Å². The fraction of sp³-hybridized carbons (Fsp3) is 0.250. The third-order valence-corrected chi connectivity index (χ3v) is 2.30. The van der Waals surface area contributed by atoms with Gasteiger partial charge in [0.25, 0.3) is 5.91 Å². The van der Waals surface area contributed by atoms with Crippen LogP contribution < -0.4 is 5.32 Å². The zero-order valence-corrected chi connectivity index (χ0v) is 9.58. The van der Waals surface area contributed by atoms with Crippen LogP contribution in [0.1, 0.15) is 17.4 Å². The summed E-state index contributed by atoms with van der Waals surface area (Å²) >= 11 is 0. The lowest BCUT2D eigenvalue weighted by Gasteiger charge is -2.13. The number of hydrogen-bond acceptors (Lipinski definition) is 3. The minimum absolute atomic E-state index is 0.00408. The van der Waals surface area contributed by atoms with Crippen LogP contribution in [-0.2, 0) is 6.54 Å². The number of hydrogen-bond donors (Lipinski definition) is 1. The van der Waals surface area contributed by atoms with Gasteiger partial charge in [0.15, 0.2) is 0 Å². The highest BCUT2D eigenvalue weighted by Crippen LogP contribution is 1.96. The Bertz CT molecular complexity index is 467. The van der Waals surface area contributed by atoms with E-state index in [4.69, 9.17) is 0 Å². The van der Waals surface area contributed by atoms with E-state index < -0.39 is 0 Å². The van der Waals surface area contributed by atoms with E-state index in [0.29, 0.717) is 12.2 Å². The van der Waals surface area contributed by atoms with Crippen LogP contribution in [0.2, 0.25) is 0 Å². The van der Waals surface area contributed by atoms with Crippen LogP contribution in [0.15, 0.2) is 42.9 Å². The summed E-state index contributed by atoms with van der Waals surface area (Å²) in [5.74, 6) is -0.162. The zero-order chi connectivity index (χ0) is 12.1. The van der Waals surface area contributed by atoms with Crippen LogP contribution in [0.25, 0.3) is 0 Å². The molecule has 2 heterocycles. The van der Waals surface area contributed by atoms with E-state index in [0.717, 1.165) is 0 Å². The van der Waals surface area contributed by atoms with Gasteiger partial charge >= 0.3 is 0 Å². The molecule has 0 saturated heterocycles. The van der Waals surface area contributed by atoms with E-state index in [1.807, 2.05) is 19.2 Å². The molecule has 0 bridgehead atoms. The van der Waals surface area contributed by atoms with Gasteiger partial charge in [0, 0.05) is 24.6 Å². The van der Waals surface area contributed by atoms with Gasteiger partial charge in [0.05, 0.1) is 6.54 Å². The quantitative estimate of drug-likeness (QED) is 0.855. The molecule has 0 spiro atoms. The summed E-state index contributed by atoms with van der Waals surface area (Å²) in [7, 11) is 0. The summed E-state index contributed by atoms with van der Waals surface area (Å²) < 4.78 is 1.78. The molecule has 2 aromatic rings. The van der Waals surface area contributed by atoms with Crippen LogP contribution in [0.3, 0.4) is 0 Å². The largest absolute Gasteiger partial charge is 0.346 e. The van der Waals surface area contributed by atoms with Gasteiger partial charge in [-0.2, -0.15) is 5.10 Å². The molecule has 88 valence electrons. The number of nitrogens with one attached hydrogen (secondary N) is 1. The summed E-state index contributed by atoms with van der Waals surface area (Å²) in [5.41, 5.74) is 0.430. The number of carbonyl (C=O) groups is 1. The Morgan fingerprint density at radius 3 is 2.94 bits per heavy atom. The molecule has 5 heteroatoms. The first-order valence-electron chi connectivity index (χ1n) is 5.45. The van der Waals surface area contributed by atoms with E-state index in [2.05, 4.69) is 15.4 Å². The van der Waals surface area contributed by atoms with Crippen LogP contribution >= 0.6 is 0 Å². The molecule has 0 aliphatic heterocycles. The van der Waals surface area contributed by atoms with Crippen molar-refractivity contribution in [1.82, 2.24) is 20.1 Å². The Kier molecular flexibility index (Phi) is 3.49. The highest BCUT2D eigenvalue weighted by atomic mass is 16.1. The van der Waals surface area contributed by atoms with Gasteiger partial charge in [-0.25, -0.2) is 0 Å². The molecule has 0 unspecified atom stereocenters. The minimum Gasteiger partial charge on any atom is -0.346 e. The first-order valence-corrected chi connectivity index (χ1v) is 5.45. The number of carbonyl (C=O) groups excluding carboxylic acids is 1. The average Bonchev–Trinajstić information content (AvgIpc) is 2.82. The topological polar surface area (TPSA) is 59.8 Å². The summed E-state index contributed by atoms with van der Waals surface area (Å²) in [6.45, 7) is 2.58. The molecular weight excluding hydrogens is 216 g/mol. The first-order chi connectivity index (χ1) is 8.25. The summed E-state index contributed by atoms with van der Waals surface area (Å²) in [6.07, 6.45) is 5.18. The van der Waals surface area contributed by atoms with Crippen molar-refractivity contribution in [2.45, 2.75) is 19.5 Å². The standard InChI is InChI=1S/C12H14N4O/c1-10(9-16-8-4-7-14-16)15-12(17)11-5-2-3-6-13-11/h2-8,10H,9H2,1H3,(H,15,17)/t10-/m0/s1. The maximum atomic E-state index is 11.8. The molecule has 5 nitrogen and oxygen atoms in total. The molecule has 0 radical (unpaired) electrons. The molecule has 0 fully saturated rings. The summed E-state index contributed by atoms with van der Waals surface area (Å²) in [6, 6.07) is 7.12. The number of aromatic nitrogens is 3. The molecular formula is C12H14N4O. The lowest BCUT2D eigenvalue weighted by Crippen LogP contribution is -2.36. The maximum absolute atomic E-state index is 11.8. The second kappa shape index (κ2) is 5.25. The van der Waals surface area contributed by atoms with Crippen molar-refractivity contribution < 1.29 is 4.79 Å². The van der Waals surface area contributed by atoms with Crippen LogP contribution in [0.4, 0.5) is 0 Å².